The molecule has 1 aromatic carbocycles. The minimum atomic E-state index is -1.07. The van der Waals surface area contributed by atoms with Gasteiger partial charge in [-0.1, -0.05) is 19.9 Å². The maximum atomic E-state index is 13.4. The van der Waals surface area contributed by atoms with Crippen LogP contribution in [0.25, 0.3) is 10.9 Å². The second-order valence-corrected chi connectivity index (χ2v) is 10.7. The number of amides is 3. The molecule has 3 amide bonds. The highest BCUT2D eigenvalue weighted by molar-refractivity contribution is 6.02. The summed E-state index contributed by atoms with van der Waals surface area (Å²) in [5, 5.41) is 8.95. The number of ether oxygens (including phenoxy) is 2. The summed E-state index contributed by atoms with van der Waals surface area (Å²) in [5.41, 5.74) is 0.961. The Balaban J connectivity index is 1.75. The number of hydrogen-bond donors (Lipinski definition) is 4. The number of methoxy groups -OCH3 is 1. The van der Waals surface area contributed by atoms with Gasteiger partial charge >= 0.3 is 5.97 Å². The largest absolute Gasteiger partial charge is 0.496 e. The van der Waals surface area contributed by atoms with Crippen molar-refractivity contribution in [2.75, 3.05) is 40.9 Å². The van der Waals surface area contributed by atoms with Crippen LogP contribution in [0.1, 0.15) is 43.6 Å². The quantitative estimate of drug-likeness (QED) is 0.251. The second kappa shape index (κ2) is 13.9. The molecule has 0 aliphatic carbocycles. The number of esters is 1. The second-order valence-electron chi connectivity index (χ2n) is 10.7. The molecule has 0 unspecified atom stereocenters. The number of hydrogen-bond acceptors (Lipinski definition) is 8. The molecule has 0 bridgehead atoms. The topological polar surface area (TPSA) is 159 Å². The van der Waals surface area contributed by atoms with Crippen LogP contribution >= 0.6 is 0 Å². The van der Waals surface area contributed by atoms with Crippen molar-refractivity contribution >= 4 is 40.4 Å². The van der Waals surface area contributed by atoms with E-state index in [0.717, 1.165) is 5.39 Å². The van der Waals surface area contributed by atoms with Crippen molar-refractivity contribution in [3.63, 3.8) is 0 Å². The van der Waals surface area contributed by atoms with E-state index in [1.807, 2.05) is 19.9 Å². The molecular weight excluding hydrogens is 518 g/mol. The minimum absolute atomic E-state index is 0.00252. The number of H-pyrrole nitrogens is 1. The van der Waals surface area contributed by atoms with E-state index in [0.29, 0.717) is 30.7 Å². The molecule has 2 aromatic rings. The lowest BCUT2D eigenvalue weighted by molar-refractivity contribution is -0.149. The fourth-order valence-electron chi connectivity index (χ4n) is 4.62. The maximum absolute atomic E-state index is 13.4. The molecule has 1 aromatic heterocycles. The monoisotopic (exact) mass is 557 g/mol. The van der Waals surface area contributed by atoms with Crippen LogP contribution in [0.15, 0.2) is 24.3 Å². The average Bonchev–Trinajstić information content (AvgIpc) is 3.51. The molecule has 3 rings (SSSR count). The lowest BCUT2D eigenvalue weighted by Gasteiger charge is -2.25. The smallest absolute Gasteiger partial charge is 0.320 e. The third-order valence-corrected chi connectivity index (χ3v) is 6.63. The van der Waals surface area contributed by atoms with Gasteiger partial charge in [-0.05, 0) is 57.5 Å². The molecule has 40 heavy (non-hydrogen) atoms. The molecule has 4 N–H and O–H groups in total. The van der Waals surface area contributed by atoms with E-state index < -0.39 is 48.2 Å². The Kier molecular flexibility index (Phi) is 10.7. The van der Waals surface area contributed by atoms with Crippen LogP contribution in [0.5, 0.6) is 5.75 Å². The first kappa shape index (κ1) is 30.6. The number of rotatable bonds is 14. The van der Waals surface area contributed by atoms with Gasteiger partial charge in [0.05, 0.1) is 19.7 Å². The van der Waals surface area contributed by atoms with Gasteiger partial charge < -0.3 is 30.4 Å². The fourth-order valence-corrected chi connectivity index (χ4v) is 4.62. The predicted molar refractivity (Wildman–Crippen MR) is 148 cm³/mol. The summed E-state index contributed by atoms with van der Waals surface area (Å²) >= 11 is 0. The van der Waals surface area contributed by atoms with Crippen LogP contribution in [0.4, 0.5) is 0 Å². The molecule has 0 saturated carbocycles. The molecule has 12 heteroatoms. The molecular formula is C28H39N5O7. The summed E-state index contributed by atoms with van der Waals surface area (Å²) < 4.78 is 10.5. The number of fused-ring (bicyclic) bond motifs is 1. The van der Waals surface area contributed by atoms with Gasteiger partial charge in [-0.2, -0.15) is 0 Å². The van der Waals surface area contributed by atoms with Crippen molar-refractivity contribution in [1.29, 1.82) is 0 Å². The number of nitrogens with one attached hydrogen (secondary N) is 4. The molecule has 1 saturated heterocycles. The van der Waals surface area contributed by atoms with Crippen LogP contribution in [-0.4, -0.2) is 92.3 Å². The number of aromatic nitrogens is 1. The van der Waals surface area contributed by atoms with Crippen molar-refractivity contribution in [3.8, 4) is 5.75 Å². The highest BCUT2D eigenvalue weighted by atomic mass is 16.5. The van der Waals surface area contributed by atoms with Crippen molar-refractivity contribution in [2.45, 2.75) is 45.2 Å². The lowest BCUT2D eigenvalue weighted by atomic mass is 9.95. The zero-order valence-electron chi connectivity index (χ0n) is 23.7. The molecule has 1 aliphatic rings. The number of aromatic amines is 1. The molecule has 12 nitrogen and oxygen atoms in total. The Morgan fingerprint density at radius 1 is 1.12 bits per heavy atom. The Morgan fingerprint density at radius 2 is 1.88 bits per heavy atom. The molecule has 218 valence electrons. The number of nitrogens with zero attached hydrogens (tertiary/aromatic N) is 1. The van der Waals surface area contributed by atoms with Gasteiger partial charge in [-0.15, -0.1) is 0 Å². The number of carbonyl (C=O) groups is 5. The van der Waals surface area contributed by atoms with Gasteiger partial charge in [0, 0.05) is 23.4 Å². The van der Waals surface area contributed by atoms with Crippen LogP contribution in [0, 0.1) is 11.8 Å². The van der Waals surface area contributed by atoms with E-state index in [-0.39, 0.29) is 30.5 Å². The number of likely N-dealkylation sites (N-methyl/N-ethyl adjacent to an activating group) is 1. The standard InChI is InChI=1S/C28H39N5O7/c1-16(2)11-21(32-28(38)22-13-18-19(30-22)7-6-8-24(18)39-5)27(37)31-20(12-17-9-10-29-26(17)36)23(34)15-40-25(35)14-33(3)4/h6-8,13,16-17,20-21,30H,9-12,14-15H2,1-5H3,(H,29,36)(H,31,37)(H,32,38)/t17-,20-,21-/m0/s1. The van der Waals surface area contributed by atoms with Crippen molar-refractivity contribution < 1.29 is 33.4 Å². The SMILES string of the molecule is COc1cccc2[nH]c(C(=O)N[C@@H](CC(C)C)C(=O)N[C@@H](C[C@@H]3CCNC3=O)C(=O)COC(=O)CN(C)C)cc12. The number of ketones is 1. The van der Waals surface area contributed by atoms with E-state index in [2.05, 4.69) is 20.9 Å². The van der Waals surface area contributed by atoms with Gasteiger partial charge in [0.25, 0.3) is 5.91 Å². The summed E-state index contributed by atoms with van der Waals surface area (Å²) in [7, 11) is 4.93. The van der Waals surface area contributed by atoms with Crippen LogP contribution in [0.2, 0.25) is 0 Å². The van der Waals surface area contributed by atoms with Gasteiger partial charge in [0.15, 0.2) is 12.4 Å². The summed E-state index contributed by atoms with van der Waals surface area (Å²) in [6.45, 7) is 3.77. The zero-order valence-corrected chi connectivity index (χ0v) is 23.7. The van der Waals surface area contributed by atoms with Crippen molar-refractivity contribution in [3.05, 3.63) is 30.0 Å². The fraction of sp³-hybridized carbons (Fsp3) is 0.536. The summed E-state index contributed by atoms with van der Waals surface area (Å²) in [4.78, 5) is 68.5. The molecule has 1 aliphatic heterocycles. The Labute approximate surface area is 233 Å². The molecule has 1 fully saturated rings. The first-order valence-electron chi connectivity index (χ1n) is 13.4. The molecule has 3 atom stereocenters. The first-order valence-corrected chi connectivity index (χ1v) is 13.4. The van der Waals surface area contributed by atoms with E-state index >= 15 is 0 Å². The molecule has 0 radical (unpaired) electrons. The third-order valence-electron chi connectivity index (χ3n) is 6.63. The Bertz CT molecular complexity index is 1240. The summed E-state index contributed by atoms with van der Waals surface area (Å²) in [5.74, 6) is -2.18. The Morgan fingerprint density at radius 3 is 2.50 bits per heavy atom. The van der Waals surface area contributed by atoms with Crippen LogP contribution in [-0.2, 0) is 23.9 Å². The number of Topliss-reactive ketones (excluding diaryl/α,β-unsaturated/α-hetero) is 1. The summed E-state index contributed by atoms with van der Waals surface area (Å²) in [6, 6.07) is 5.02. The average molecular weight is 558 g/mol. The van der Waals surface area contributed by atoms with E-state index in [1.165, 1.54) is 0 Å². The summed E-state index contributed by atoms with van der Waals surface area (Å²) in [6.07, 6.45) is 0.893. The van der Waals surface area contributed by atoms with Gasteiger partial charge in [-0.25, -0.2) is 0 Å². The Hall–Kier alpha value is -3.93. The highest BCUT2D eigenvalue weighted by Gasteiger charge is 2.34. The normalized spacial score (nSPS) is 16.5. The lowest BCUT2D eigenvalue weighted by Crippen LogP contribution is -2.53. The van der Waals surface area contributed by atoms with Crippen LogP contribution < -0.4 is 20.7 Å². The molecule has 0 spiro atoms. The third kappa shape index (κ3) is 8.28. The van der Waals surface area contributed by atoms with E-state index in [1.54, 1.807) is 44.3 Å². The zero-order chi connectivity index (χ0) is 29.4. The minimum Gasteiger partial charge on any atom is -0.496 e. The van der Waals surface area contributed by atoms with E-state index in [4.69, 9.17) is 9.47 Å². The van der Waals surface area contributed by atoms with E-state index in [9.17, 15) is 24.0 Å². The van der Waals surface area contributed by atoms with Crippen molar-refractivity contribution in [2.24, 2.45) is 11.8 Å². The van der Waals surface area contributed by atoms with Crippen LogP contribution in [0.3, 0.4) is 0 Å². The maximum Gasteiger partial charge on any atom is 0.320 e. The highest BCUT2D eigenvalue weighted by Crippen LogP contribution is 2.26. The van der Waals surface area contributed by atoms with Gasteiger partial charge in [0.1, 0.15) is 17.5 Å². The van der Waals surface area contributed by atoms with Gasteiger partial charge in [-0.3, -0.25) is 28.9 Å². The number of benzene rings is 1. The number of carbonyl (C=O) groups excluding carboxylic acids is 5. The first-order chi connectivity index (χ1) is 19.0. The predicted octanol–water partition coefficient (Wildman–Crippen LogP) is 1.01. The van der Waals surface area contributed by atoms with Crippen molar-refractivity contribution in [1.82, 2.24) is 25.8 Å². The van der Waals surface area contributed by atoms with Gasteiger partial charge in [0.2, 0.25) is 11.8 Å². The molecule has 2 heterocycles.